The van der Waals surface area contributed by atoms with Crippen LogP contribution in [0.3, 0.4) is 0 Å². The van der Waals surface area contributed by atoms with Crippen LogP contribution in [0.15, 0.2) is 47.4 Å². The van der Waals surface area contributed by atoms with Gasteiger partial charge in [-0.2, -0.15) is 4.31 Å². The largest absolute Gasteiger partial charge is 0.497 e. The average Bonchev–Trinajstić information content (AvgIpc) is 3.21. The quantitative estimate of drug-likeness (QED) is 0.805. The number of amides is 1. The van der Waals surface area contributed by atoms with E-state index in [-0.39, 0.29) is 23.9 Å². The van der Waals surface area contributed by atoms with Gasteiger partial charge in [-0.15, -0.1) is 0 Å². The maximum absolute atomic E-state index is 13.2. The van der Waals surface area contributed by atoms with Crippen molar-refractivity contribution in [1.29, 1.82) is 0 Å². The lowest BCUT2D eigenvalue weighted by molar-refractivity contribution is -0.122. The minimum Gasteiger partial charge on any atom is -0.497 e. The highest BCUT2D eigenvalue weighted by Crippen LogP contribution is 2.48. The van der Waals surface area contributed by atoms with Crippen molar-refractivity contribution >= 4 is 21.6 Å². The Morgan fingerprint density at radius 2 is 1.85 bits per heavy atom. The number of methoxy groups -OCH3 is 1. The summed E-state index contributed by atoms with van der Waals surface area (Å²) in [5, 5.41) is 0. The average molecular weight is 390 g/mol. The Bertz CT molecular complexity index is 1020. The van der Waals surface area contributed by atoms with Crippen molar-refractivity contribution in [1.82, 2.24) is 4.31 Å². The fourth-order valence-electron chi connectivity index (χ4n) is 3.99. The maximum atomic E-state index is 13.2. The van der Waals surface area contributed by atoms with Gasteiger partial charge in [0.1, 0.15) is 11.6 Å². The molecule has 2 aromatic rings. The van der Waals surface area contributed by atoms with Crippen molar-refractivity contribution in [2.24, 2.45) is 0 Å². The Morgan fingerprint density at radius 1 is 1.15 bits per heavy atom. The number of ether oxygens (including phenoxy) is 1. The number of rotatable bonds is 3. The van der Waals surface area contributed by atoms with Crippen LogP contribution < -0.4 is 9.64 Å². The van der Waals surface area contributed by atoms with Crippen LogP contribution in [0.25, 0.3) is 0 Å². The molecule has 0 N–H and O–H groups in total. The molecule has 27 heavy (non-hydrogen) atoms. The topological polar surface area (TPSA) is 66.9 Å². The van der Waals surface area contributed by atoms with Crippen LogP contribution in [0.1, 0.15) is 12.0 Å². The van der Waals surface area contributed by atoms with Gasteiger partial charge in [0, 0.05) is 25.8 Å². The molecule has 4 rings (SSSR count). The van der Waals surface area contributed by atoms with Crippen molar-refractivity contribution in [3.8, 4) is 5.75 Å². The van der Waals surface area contributed by atoms with Gasteiger partial charge in [0.25, 0.3) is 0 Å². The summed E-state index contributed by atoms with van der Waals surface area (Å²) in [7, 11) is -0.569. The Morgan fingerprint density at radius 3 is 2.52 bits per heavy atom. The number of anilines is 1. The number of sulfonamides is 1. The first-order valence-electron chi connectivity index (χ1n) is 8.52. The molecule has 142 valence electrons. The smallest absolute Gasteiger partial charge is 0.243 e. The predicted octanol–water partition coefficient (Wildman–Crippen LogP) is 2.14. The molecule has 0 bridgehead atoms. The molecule has 1 spiro atoms. The van der Waals surface area contributed by atoms with Crippen molar-refractivity contribution in [2.45, 2.75) is 16.7 Å². The van der Waals surface area contributed by atoms with E-state index in [2.05, 4.69) is 0 Å². The molecule has 1 atom stereocenters. The second-order valence-electron chi connectivity index (χ2n) is 6.87. The third kappa shape index (κ3) is 2.55. The van der Waals surface area contributed by atoms with E-state index in [1.54, 1.807) is 25.1 Å². The number of nitrogens with zero attached hydrogens (tertiary/aromatic N) is 2. The first-order valence-corrected chi connectivity index (χ1v) is 9.96. The van der Waals surface area contributed by atoms with E-state index in [4.69, 9.17) is 4.74 Å². The minimum atomic E-state index is -3.81. The summed E-state index contributed by atoms with van der Waals surface area (Å²) >= 11 is 0. The first kappa shape index (κ1) is 17.9. The zero-order valence-electron chi connectivity index (χ0n) is 15.0. The molecule has 1 fully saturated rings. The van der Waals surface area contributed by atoms with Gasteiger partial charge in [-0.25, -0.2) is 12.8 Å². The van der Waals surface area contributed by atoms with Gasteiger partial charge >= 0.3 is 0 Å². The van der Waals surface area contributed by atoms with E-state index >= 15 is 0 Å². The number of carbonyl (C=O) groups is 1. The van der Waals surface area contributed by atoms with Gasteiger partial charge < -0.3 is 9.64 Å². The SMILES string of the molecule is COc1ccc2c(c1)[C@@]1(CCN(S(=O)(=O)c3ccc(F)cc3)C1)C(=O)N2C. The van der Waals surface area contributed by atoms with Gasteiger partial charge in [0.05, 0.1) is 17.4 Å². The number of benzene rings is 2. The minimum absolute atomic E-state index is 0.0191. The van der Waals surface area contributed by atoms with Crippen LogP contribution in [0.5, 0.6) is 5.75 Å². The highest BCUT2D eigenvalue weighted by Gasteiger charge is 2.55. The number of likely N-dealkylation sites (N-methyl/N-ethyl adjacent to an activating group) is 1. The Kier molecular flexibility index (Phi) is 4.01. The van der Waals surface area contributed by atoms with Crippen LogP contribution in [0.4, 0.5) is 10.1 Å². The molecule has 1 amide bonds. The standard InChI is InChI=1S/C19H19FN2O4S/c1-21-17-8-5-14(26-2)11-16(17)19(18(21)23)9-10-22(12-19)27(24,25)15-6-3-13(20)4-7-15/h3-8,11H,9-10,12H2,1-2H3/t19-/m0/s1. The summed E-state index contributed by atoms with van der Waals surface area (Å²) in [6.45, 7) is 0.270. The van der Waals surface area contributed by atoms with Crippen molar-refractivity contribution in [3.05, 3.63) is 53.8 Å². The zero-order valence-corrected chi connectivity index (χ0v) is 15.8. The number of hydrogen-bond donors (Lipinski definition) is 0. The Balaban J connectivity index is 1.74. The fourth-order valence-corrected chi connectivity index (χ4v) is 5.49. The van der Waals surface area contributed by atoms with Crippen LogP contribution in [-0.2, 0) is 20.2 Å². The van der Waals surface area contributed by atoms with E-state index in [1.807, 2.05) is 12.1 Å². The molecule has 2 aliphatic rings. The van der Waals surface area contributed by atoms with Gasteiger partial charge in [0.15, 0.2) is 0 Å². The normalized spacial score (nSPS) is 22.5. The summed E-state index contributed by atoms with van der Waals surface area (Å²) in [4.78, 5) is 14.6. The number of carbonyl (C=O) groups excluding carboxylic acids is 1. The van der Waals surface area contributed by atoms with Crippen molar-refractivity contribution in [3.63, 3.8) is 0 Å². The van der Waals surface area contributed by atoms with Gasteiger partial charge in [-0.3, -0.25) is 4.79 Å². The molecular formula is C19H19FN2O4S. The van der Waals surface area contributed by atoms with E-state index in [1.165, 1.54) is 16.4 Å². The van der Waals surface area contributed by atoms with Crippen LogP contribution in [0, 0.1) is 5.82 Å². The molecule has 6 nitrogen and oxygen atoms in total. The first-order chi connectivity index (χ1) is 12.8. The molecule has 1 saturated heterocycles. The van der Waals surface area contributed by atoms with Crippen LogP contribution >= 0.6 is 0 Å². The summed E-state index contributed by atoms with van der Waals surface area (Å²) in [6, 6.07) is 10.1. The summed E-state index contributed by atoms with van der Waals surface area (Å²) in [6.07, 6.45) is 0.386. The monoisotopic (exact) mass is 390 g/mol. The molecular weight excluding hydrogens is 371 g/mol. The molecule has 0 saturated carbocycles. The highest BCUT2D eigenvalue weighted by molar-refractivity contribution is 7.89. The molecule has 0 radical (unpaired) electrons. The number of fused-ring (bicyclic) bond motifs is 2. The fraction of sp³-hybridized carbons (Fsp3) is 0.316. The van der Waals surface area contributed by atoms with Gasteiger partial charge in [-0.05, 0) is 54.4 Å². The van der Waals surface area contributed by atoms with E-state index < -0.39 is 21.3 Å². The summed E-state index contributed by atoms with van der Waals surface area (Å²) in [5.74, 6) is -0.000846. The summed E-state index contributed by atoms with van der Waals surface area (Å²) < 4.78 is 45.7. The maximum Gasteiger partial charge on any atom is 0.243 e. The van der Waals surface area contributed by atoms with E-state index in [0.29, 0.717) is 12.2 Å². The van der Waals surface area contributed by atoms with Crippen LogP contribution in [0.2, 0.25) is 0 Å². The third-order valence-electron chi connectivity index (χ3n) is 5.48. The van der Waals surface area contributed by atoms with Crippen molar-refractivity contribution in [2.75, 3.05) is 32.1 Å². The highest BCUT2D eigenvalue weighted by atomic mass is 32.2. The lowest BCUT2D eigenvalue weighted by atomic mass is 9.81. The van der Waals surface area contributed by atoms with Crippen molar-refractivity contribution < 1.29 is 22.3 Å². The molecule has 0 aliphatic carbocycles. The second-order valence-corrected chi connectivity index (χ2v) is 8.81. The van der Waals surface area contributed by atoms with E-state index in [9.17, 15) is 17.6 Å². The summed E-state index contributed by atoms with van der Waals surface area (Å²) in [5.41, 5.74) is 0.624. The van der Waals surface area contributed by atoms with E-state index in [0.717, 1.165) is 23.4 Å². The molecule has 2 heterocycles. The van der Waals surface area contributed by atoms with Gasteiger partial charge in [-0.1, -0.05) is 0 Å². The number of hydrogen-bond acceptors (Lipinski definition) is 4. The molecule has 0 unspecified atom stereocenters. The Hall–Kier alpha value is -2.45. The zero-order chi connectivity index (χ0) is 19.4. The second kappa shape index (κ2) is 6.03. The molecule has 2 aliphatic heterocycles. The van der Waals surface area contributed by atoms with Gasteiger partial charge in [0.2, 0.25) is 15.9 Å². The molecule has 8 heteroatoms. The third-order valence-corrected chi connectivity index (χ3v) is 7.34. The molecule has 0 aromatic heterocycles. The van der Waals surface area contributed by atoms with Crippen LogP contribution in [-0.4, -0.2) is 45.9 Å². The molecule has 2 aromatic carbocycles. The number of halogens is 1. The lowest BCUT2D eigenvalue weighted by Crippen LogP contribution is -2.42. The Labute approximate surface area is 157 Å². The lowest BCUT2D eigenvalue weighted by Gasteiger charge is -2.23. The predicted molar refractivity (Wildman–Crippen MR) is 97.9 cm³/mol.